The minimum absolute atomic E-state index is 0.150. The molecule has 2 rings (SSSR count). The van der Waals surface area contributed by atoms with Gasteiger partial charge in [0, 0.05) is 10.9 Å². The van der Waals surface area contributed by atoms with Gasteiger partial charge in [-0.25, -0.2) is 13.1 Å². The molecule has 20 heavy (non-hydrogen) atoms. The predicted octanol–water partition coefficient (Wildman–Crippen LogP) is 2.23. The van der Waals surface area contributed by atoms with Crippen molar-refractivity contribution in [1.29, 1.82) is 0 Å². The van der Waals surface area contributed by atoms with E-state index in [1.54, 1.807) is 6.07 Å². The Morgan fingerprint density at radius 1 is 1.35 bits per heavy atom. The van der Waals surface area contributed by atoms with Crippen LogP contribution in [0.15, 0.2) is 16.3 Å². The lowest BCUT2D eigenvalue weighted by molar-refractivity contribution is -0.142. The first-order valence-electron chi connectivity index (χ1n) is 6.76. The first-order chi connectivity index (χ1) is 9.42. The summed E-state index contributed by atoms with van der Waals surface area (Å²) < 4.78 is 27.5. The molecule has 0 spiro atoms. The fourth-order valence-electron chi connectivity index (χ4n) is 2.43. The van der Waals surface area contributed by atoms with Gasteiger partial charge in [0.15, 0.2) is 0 Å². The number of carboxylic acids is 1. The van der Waals surface area contributed by atoms with Crippen molar-refractivity contribution in [2.75, 3.05) is 0 Å². The van der Waals surface area contributed by atoms with Crippen molar-refractivity contribution in [2.45, 2.75) is 49.3 Å². The molecule has 0 radical (unpaired) electrons. The van der Waals surface area contributed by atoms with E-state index in [-0.39, 0.29) is 12.0 Å². The number of thiophene rings is 1. The molecule has 2 N–H and O–H groups in total. The van der Waals surface area contributed by atoms with Gasteiger partial charge >= 0.3 is 5.97 Å². The van der Waals surface area contributed by atoms with Crippen LogP contribution >= 0.6 is 11.3 Å². The van der Waals surface area contributed by atoms with Crippen LogP contribution in [0, 0.1) is 5.92 Å². The summed E-state index contributed by atoms with van der Waals surface area (Å²) in [5.74, 6) is -1.11. The number of hydrogen-bond acceptors (Lipinski definition) is 4. The van der Waals surface area contributed by atoms with E-state index in [9.17, 15) is 13.2 Å². The fourth-order valence-corrected chi connectivity index (χ4v) is 5.05. The number of carboxylic acid groups (broad SMARTS) is 1. The number of aliphatic carboxylic acids is 1. The van der Waals surface area contributed by atoms with Gasteiger partial charge in [-0.1, -0.05) is 6.92 Å². The largest absolute Gasteiger partial charge is 0.481 e. The Morgan fingerprint density at radius 2 is 2.00 bits per heavy atom. The zero-order chi connectivity index (χ0) is 14.8. The van der Waals surface area contributed by atoms with E-state index in [0.717, 1.165) is 11.3 Å². The van der Waals surface area contributed by atoms with Crippen LogP contribution in [-0.2, 0) is 21.2 Å². The Morgan fingerprint density at radius 3 is 2.50 bits per heavy atom. The molecule has 0 unspecified atom stereocenters. The maximum Gasteiger partial charge on any atom is 0.306 e. The standard InChI is InChI=1S/C13H19NO4S2/c1-2-11-7-8-12(19-11)20(17,18)14-10-5-3-9(4-6-10)13(15)16/h7-10,14H,2-6H2,1H3,(H,15,16). The normalized spacial score (nSPS) is 23.6. The monoisotopic (exact) mass is 317 g/mol. The number of rotatable bonds is 5. The molecule has 0 aliphatic heterocycles. The van der Waals surface area contributed by atoms with Gasteiger partial charge in [0.05, 0.1) is 5.92 Å². The van der Waals surface area contributed by atoms with Crippen molar-refractivity contribution in [3.05, 3.63) is 17.0 Å². The number of nitrogens with one attached hydrogen (secondary N) is 1. The first kappa shape index (κ1) is 15.5. The second kappa shape index (κ2) is 6.24. The van der Waals surface area contributed by atoms with Crippen LogP contribution < -0.4 is 4.72 Å². The lowest BCUT2D eigenvalue weighted by Gasteiger charge is -2.26. The van der Waals surface area contributed by atoms with Crippen molar-refractivity contribution < 1.29 is 18.3 Å². The van der Waals surface area contributed by atoms with Gasteiger partial charge in [-0.15, -0.1) is 11.3 Å². The Kier molecular flexibility index (Phi) is 4.82. The van der Waals surface area contributed by atoms with E-state index < -0.39 is 16.0 Å². The molecule has 0 saturated heterocycles. The minimum Gasteiger partial charge on any atom is -0.481 e. The summed E-state index contributed by atoms with van der Waals surface area (Å²) in [7, 11) is -3.47. The van der Waals surface area contributed by atoms with Crippen LogP contribution in [0.3, 0.4) is 0 Å². The number of aryl methyl sites for hydroxylation is 1. The smallest absolute Gasteiger partial charge is 0.306 e. The molecule has 0 atom stereocenters. The van der Waals surface area contributed by atoms with E-state index in [4.69, 9.17) is 5.11 Å². The summed E-state index contributed by atoms with van der Waals surface area (Å²) in [5.41, 5.74) is 0. The van der Waals surface area contributed by atoms with Gasteiger partial charge in [-0.3, -0.25) is 4.79 Å². The molecule has 1 aromatic heterocycles. The predicted molar refractivity (Wildman–Crippen MR) is 77.4 cm³/mol. The zero-order valence-corrected chi connectivity index (χ0v) is 13.0. The lowest BCUT2D eigenvalue weighted by Crippen LogP contribution is -2.38. The molecular formula is C13H19NO4S2. The molecule has 1 heterocycles. The van der Waals surface area contributed by atoms with Crippen LogP contribution in [0.2, 0.25) is 0 Å². The van der Waals surface area contributed by atoms with E-state index in [0.29, 0.717) is 29.9 Å². The molecule has 5 nitrogen and oxygen atoms in total. The molecule has 1 fully saturated rings. The van der Waals surface area contributed by atoms with Crippen molar-refractivity contribution in [2.24, 2.45) is 5.92 Å². The summed E-state index contributed by atoms with van der Waals surface area (Å²) in [5, 5.41) is 8.93. The Labute approximate surface area is 123 Å². The van der Waals surface area contributed by atoms with Gasteiger partial charge < -0.3 is 5.11 Å². The third kappa shape index (κ3) is 3.59. The quantitative estimate of drug-likeness (QED) is 0.872. The Bertz CT molecular complexity index is 571. The average molecular weight is 317 g/mol. The summed E-state index contributed by atoms with van der Waals surface area (Å²) in [6.07, 6.45) is 3.06. The minimum atomic E-state index is -3.47. The molecule has 0 aromatic carbocycles. The fraction of sp³-hybridized carbons (Fsp3) is 0.615. The lowest BCUT2D eigenvalue weighted by atomic mass is 9.87. The van der Waals surface area contributed by atoms with Gasteiger partial charge in [0.25, 0.3) is 0 Å². The van der Waals surface area contributed by atoms with E-state index in [1.165, 1.54) is 11.3 Å². The van der Waals surface area contributed by atoms with Gasteiger partial charge in [-0.05, 0) is 44.2 Å². The molecule has 0 amide bonds. The van der Waals surface area contributed by atoms with Crippen molar-refractivity contribution >= 4 is 27.3 Å². The third-order valence-electron chi connectivity index (χ3n) is 3.65. The molecule has 1 aliphatic carbocycles. The SMILES string of the molecule is CCc1ccc(S(=O)(=O)NC2CCC(C(=O)O)CC2)s1. The summed E-state index contributed by atoms with van der Waals surface area (Å²) in [6, 6.07) is 3.32. The van der Waals surface area contributed by atoms with Crippen LogP contribution in [0.1, 0.15) is 37.5 Å². The van der Waals surface area contributed by atoms with Crippen LogP contribution in [-0.4, -0.2) is 25.5 Å². The molecule has 1 aromatic rings. The maximum atomic E-state index is 12.2. The summed E-state index contributed by atoms with van der Waals surface area (Å²) in [6.45, 7) is 1.99. The second-order valence-electron chi connectivity index (χ2n) is 5.08. The number of carbonyl (C=O) groups is 1. The zero-order valence-electron chi connectivity index (χ0n) is 11.3. The van der Waals surface area contributed by atoms with Gasteiger partial charge in [-0.2, -0.15) is 0 Å². The van der Waals surface area contributed by atoms with Crippen molar-refractivity contribution in [1.82, 2.24) is 4.72 Å². The summed E-state index contributed by atoms with van der Waals surface area (Å²) >= 11 is 1.29. The first-order valence-corrected chi connectivity index (χ1v) is 9.06. The van der Waals surface area contributed by atoms with Gasteiger partial charge in [0.2, 0.25) is 10.0 Å². The number of sulfonamides is 1. The Hall–Kier alpha value is -0.920. The molecule has 1 saturated carbocycles. The van der Waals surface area contributed by atoms with Crippen LogP contribution in [0.4, 0.5) is 0 Å². The Balaban J connectivity index is 1.98. The highest BCUT2D eigenvalue weighted by Gasteiger charge is 2.29. The van der Waals surface area contributed by atoms with Crippen LogP contribution in [0.5, 0.6) is 0 Å². The highest BCUT2D eigenvalue weighted by atomic mass is 32.2. The highest BCUT2D eigenvalue weighted by molar-refractivity contribution is 7.91. The van der Waals surface area contributed by atoms with E-state index in [2.05, 4.69) is 4.72 Å². The maximum absolute atomic E-state index is 12.2. The highest BCUT2D eigenvalue weighted by Crippen LogP contribution is 2.27. The third-order valence-corrected chi connectivity index (χ3v) is 6.89. The second-order valence-corrected chi connectivity index (χ2v) is 8.19. The molecule has 7 heteroatoms. The average Bonchev–Trinajstić information content (AvgIpc) is 2.88. The van der Waals surface area contributed by atoms with Crippen molar-refractivity contribution in [3.63, 3.8) is 0 Å². The van der Waals surface area contributed by atoms with E-state index >= 15 is 0 Å². The van der Waals surface area contributed by atoms with Crippen LogP contribution in [0.25, 0.3) is 0 Å². The van der Waals surface area contributed by atoms with E-state index in [1.807, 2.05) is 13.0 Å². The molecule has 1 aliphatic rings. The molecule has 0 bridgehead atoms. The summed E-state index contributed by atoms with van der Waals surface area (Å²) in [4.78, 5) is 11.9. The van der Waals surface area contributed by atoms with Crippen molar-refractivity contribution in [3.8, 4) is 0 Å². The van der Waals surface area contributed by atoms with Gasteiger partial charge in [0.1, 0.15) is 4.21 Å². The topological polar surface area (TPSA) is 83.5 Å². The number of hydrogen-bond donors (Lipinski definition) is 2. The molecular weight excluding hydrogens is 298 g/mol. The molecule has 112 valence electrons.